The van der Waals surface area contributed by atoms with Crippen LogP contribution in [0.3, 0.4) is 0 Å². The van der Waals surface area contributed by atoms with Crippen molar-refractivity contribution in [2.24, 2.45) is 0 Å². The highest BCUT2D eigenvalue weighted by Gasteiger charge is 2.44. The van der Waals surface area contributed by atoms with E-state index < -0.39 is 10.0 Å². The smallest absolute Gasteiger partial charge is 0.255 e. The summed E-state index contributed by atoms with van der Waals surface area (Å²) in [5.74, 6) is 0.999. The quantitative estimate of drug-likeness (QED) is 0.254. The van der Waals surface area contributed by atoms with Gasteiger partial charge in [-0.1, -0.05) is 54.6 Å². The normalized spacial score (nSPS) is 23.3. The number of carbonyl (C=O) groups is 1. The molecular formula is C36H43N5O3S. The van der Waals surface area contributed by atoms with Gasteiger partial charge in [-0.3, -0.25) is 14.4 Å². The summed E-state index contributed by atoms with van der Waals surface area (Å²) in [6.45, 7) is 4.50. The number of hydrogen-bond acceptors (Lipinski definition) is 5. The fraction of sp³-hybridized carbons (Fsp3) is 0.444. The van der Waals surface area contributed by atoms with Gasteiger partial charge in [-0.25, -0.2) is 13.4 Å². The number of hydrogen-bond donors (Lipinski definition) is 1. The lowest BCUT2D eigenvalue weighted by atomic mass is 9.70. The van der Waals surface area contributed by atoms with Crippen LogP contribution in [0.5, 0.6) is 0 Å². The fourth-order valence-electron chi connectivity index (χ4n) is 8.53. The summed E-state index contributed by atoms with van der Waals surface area (Å²) in [5, 5.41) is 0. The molecule has 0 aliphatic carbocycles. The summed E-state index contributed by atoms with van der Waals surface area (Å²) in [6, 6.07) is 28.0. The number of anilines is 1. The molecule has 4 heterocycles. The zero-order chi connectivity index (χ0) is 31.2. The van der Waals surface area contributed by atoms with E-state index in [0.717, 1.165) is 43.4 Å². The van der Waals surface area contributed by atoms with Crippen LogP contribution in [0.1, 0.15) is 72.7 Å². The van der Waals surface area contributed by atoms with Crippen molar-refractivity contribution < 1.29 is 13.2 Å². The van der Waals surface area contributed by atoms with E-state index in [9.17, 15) is 13.2 Å². The topological polar surface area (TPSA) is 87.5 Å². The molecule has 0 saturated carbocycles. The minimum Gasteiger partial charge on any atom is -0.339 e. The van der Waals surface area contributed by atoms with Crippen LogP contribution in [0, 0.1) is 6.92 Å². The lowest BCUT2D eigenvalue weighted by Crippen LogP contribution is -2.49. The number of amides is 1. The van der Waals surface area contributed by atoms with Gasteiger partial charge in [0, 0.05) is 31.2 Å². The third kappa shape index (κ3) is 5.88. The minimum absolute atomic E-state index is 0.00398. The molecule has 4 aromatic rings. The third-order valence-electron chi connectivity index (χ3n) is 10.7. The van der Waals surface area contributed by atoms with Crippen LogP contribution in [0.4, 0.5) is 5.69 Å². The molecule has 3 atom stereocenters. The van der Waals surface area contributed by atoms with Crippen molar-refractivity contribution >= 4 is 32.7 Å². The number of imidazole rings is 1. The number of nitrogens with zero attached hydrogens (tertiary/aromatic N) is 4. The Hall–Kier alpha value is -3.69. The van der Waals surface area contributed by atoms with Gasteiger partial charge >= 0.3 is 0 Å². The number of carbonyl (C=O) groups excluding carboxylic acids is 1. The van der Waals surface area contributed by atoms with Crippen molar-refractivity contribution in [1.82, 2.24) is 19.4 Å². The van der Waals surface area contributed by atoms with Crippen molar-refractivity contribution in [1.29, 1.82) is 0 Å². The van der Waals surface area contributed by atoms with Crippen molar-refractivity contribution in [3.8, 4) is 0 Å². The highest BCUT2D eigenvalue weighted by Crippen LogP contribution is 2.45. The monoisotopic (exact) mass is 625 g/mol. The number of fused-ring (bicyclic) bond motifs is 3. The summed E-state index contributed by atoms with van der Waals surface area (Å²) in [4.78, 5) is 23.2. The van der Waals surface area contributed by atoms with Crippen LogP contribution in [0.2, 0.25) is 0 Å². The number of nitrogens with one attached hydrogen (secondary N) is 1. The summed E-state index contributed by atoms with van der Waals surface area (Å²) < 4.78 is 28.9. The van der Waals surface area contributed by atoms with Gasteiger partial charge in [-0.2, -0.15) is 0 Å². The first-order valence-electron chi connectivity index (χ1n) is 16.3. The molecule has 45 heavy (non-hydrogen) atoms. The Bertz CT molecular complexity index is 1780. The highest BCUT2D eigenvalue weighted by molar-refractivity contribution is 7.92. The molecule has 3 aromatic carbocycles. The van der Waals surface area contributed by atoms with Crippen LogP contribution in [-0.2, 0) is 15.4 Å². The first-order chi connectivity index (χ1) is 21.7. The maximum absolute atomic E-state index is 13.7. The maximum atomic E-state index is 13.7. The van der Waals surface area contributed by atoms with Crippen molar-refractivity contribution in [2.45, 2.75) is 75.4 Å². The predicted molar refractivity (Wildman–Crippen MR) is 179 cm³/mol. The zero-order valence-corrected chi connectivity index (χ0v) is 27.0. The second kappa shape index (κ2) is 11.9. The van der Waals surface area contributed by atoms with Crippen molar-refractivity contribution in [2.75, 3.05) is 30.6 Å². The van der Waals surface area contributed by atoms with E-state index in [4.69, 9.17) is 4.98 Å². The lowest BCUT2D eigenvalue weighted by molar-refractivity contribution is 0.0608. The Kier molecular flexibility index (Phi) is 7.94. The van der Waals surface area contributed by atoms with Crippen LogP contribution in [0.15, 0.2) is 78.9 Å². The molecule has 7 rings (SSSR count). The van der Waals surface area contributed by atoms with Gasteiger partial charge in [0.25, 0.3) is 5.91 Å². The van der Waals surface area contributed by atoms with Gasteiger partial charge in [0.2, 0.25) is 10.0 Å². The molecule has 9 heteroatoms. The van der Waals surface area contributed by atoms with E-state index in [1.54, 1.807) is 24.3 Å². The molecule has 1 amide bonds. The van der Waals surface area contributed by atoms with E-state index in [-0.39, 0.29) is 11.3 Å². The molecule has 1 N–H and O–H groups in total. The van der Waals surface area contributed by atoms with Gasteiger partial charge < -0.3 is 9.47 Å². The highest BCUT2D eigenvalue weighted by atomic mass is 32.2. The number of aromatic nitrogens is 2. The molecule has 3 aliphatic rings. The standard InChI is InChI=1S/C36H43N5O3S/c1-26-37-33-14-8-9-15-34(33)41(26)30-24-28-16-17-29(25-30)40(28)23-20-36(27-10-4-3-5-11-27)18-21-39(22-19-36)35(42)31-12-6-7-13-32(31)38-45(2,43)44/h3-15,28-30,38H,16-25H2,1-2H3/t28-,29?,30?/m0/s1. The average Bonchev–Trinajstić information content (AvgIpc) is 3.50. The second-order valence-electron chi connectivity index (χ2n) is 13.4. The van der Waals surface area contributed by atoms with E-state index in [1.807, 2.05) is 4.90 Å². The Morgan fingerprint density at radius 1 is 0.889 bits per heavy atom. The number of benzene rings is 3. The SMILES string of the molecule is Cc1nc2ccccc2n1C1CC2CC[C@@H](C1)N2CCC1(c2ccccc2)CCN(C(=O)c2ccccc2NS(C)(=O)=O)CC1. The Labute approximate surface area is 266 Å². The molecule has 0 spiro atoms. The molecule has 3 aliphatic heterocycles. The first-order valence-corrected chi connectivity index (χ1v) is 18.2. The van der Waals surface area contributed by atoms with Crippen LogP contribution >= 0.6 is 0 Å². The first kappa shape index (κ1) is 30.0. The molecular weight excluding hydrogens is 582 g/mol. The van der Waals surface area contributed by atoms with Crippen LogP contribution in [0.25, 0.3) is 11.0 Å². The Morgan fingerprint density at radius 2 is 1.53 bits per heavy atom. The molecule has 8 nitrogen and oxygen atoms in total. The molecule has 3 fully saturated rings. The van der Waals surface area contributed by atoms with Gasteiger partial charge in [-0.15, -0.1) is 0 Å². The van der Waals surface area contributed by atoms with Crippen molar-refractivity contribution in [3.63, 3.8) is 0 Å². The summed E-state index contributed by atoms with van der Waals surface area (Å²) in [6.07, 6.45) is 8.79. The maximum Gasteiger partial charge on any atom is 0.255 e. The molecule has 2 unspecified atom stereocenters. The zero-order valence-electron chi connectivity index (χ0n) is 26.2. The number of sulfonamides is 1. The minimum atomic E-state index is -3.50. The van der Waals surface area contributed by atoms with Crippen LogP contribution in [-0.4, -0.2) is 71.6 Å². The third-order valence-corrected chi connectivity index (χ3v) is 11.3. The summed E-state index contributed by atoms with van der Waals surface area (Å²) in [7, 11) is -3.50. The predicted octanol–water partition coefficient (Wildman–Crippen LogP) is 6.15. The molecule has 3 saturated heterocycles. The number of rotatable bonds is 8. The average molecular weight is 626 g/mol. The second-order valence-corrected chi connectivity index (χ2v) is 15.1. The van der Waals surface area contributed by atoms with Gasteiger partial charge in [-0.05, 0) is 93.7 Å². The van der Waals surface area contributed by atoms with Gasteiger partial charge in [0.15, 0.2) is 0 Å². The fourth-order valence-corrected chi connectivity index (χ4v) is 9.11. The van der Waals surface area contributed by atoms with Crippen molar-refractivity contribution in [3.05, 3.63) is 95.8 Å². The summed E-state index contributed by atoms with van der Waals surface area (Å²) >= 11 is 0. The van der Waals surface area contributed by atoms with Crippen LogP contribution < -0.4 is 4.72 Å². The Balaban J connectivity index is 1.06. The summed E-state index contributed by atoms with van der Waals surface area (Å²) in [5.41, 5.74) is 4.44. The Morgan fingerprint density at radius 3 is 2.24 bits per heavy atom. The van der Waals surface area contributed by atoms with E-state index >= 15 is 0 Å². The largest absolute Gasteiger partial charge is 0.339 e. The van der Waals surface area contributed by atoms with E-state index in [0.29, 0.717) is 42.5 Å². The molecule has 1 aromatic heterocycles. The van der Waals surface area contributed by atoms with Gasteiger partial charge in [0.05, 0.1) is 28.5 Å². The lowest BCUT2D eigenvalue weighted by Gasteiger charge is -2.45. The molecule has 0 radical (unpaired) electrons. The van der Waals surface area contributed by atoms with E-state index in [1.165, 1.54) is 36.8 Å². The number of para-hydroxylation sites is 3. The molecule has 2 bridgehead atoms. The van der Waals surface area contributed by atoms with E-state index in [2.05, 4.69) is 75.7 Å². The molecule has 236 valence electrons. The van der Waals surface area contributed by atoms with Gasteiger partial charge in [0.1, 0.15) is 5.82 Å². The number of likely N-dealkylation sites (tertiary alicyclic amines) is 1. The number of aryl methyl sites for hydroxylation is 1. The number of piperidine rings is 2.